The molecule has 0 bridgehead atoms. The second kappa shape index (κ2) is 4.89. The first-order valence-corrected chi connectivity index (χ1v) is 6.90. The molecule has 0 heterocycles. The minimum atomic E-state index is 0.778. The highest BCUT2D eigenvalue weighted by Gasteiger charge is 2.37. The zero-order chi connectivity index (χ0) is 12.4. The van der Waals surface area contributed by atoms with Crippen molar-refractivity contribution < 1.29 is 0 Å². The van der Waals surface area contributed by atoms with E-state index in [0.29, 0.717) is 0 Å². The molecule has 90 valence electrons. The van der Waals surface area contributed by atoms with Crippen LogP contribution in [-0.4, -0.2) is 0 Å². The van der Waals surface area contributed by atoms with Crippen LogP contribution in [0.5, 0.6) is 0 Å². The van der Waals surface area contributed by atoms with Gasteiger partial charge in [-0.3, -0.25) is 0 Å². The quantitative estimate of drug-likeness (QED) is 0.678. The van der Waals surface area contributed by atoms with Crippen molar-refractivity contribution >= 4 is 0 Å². The van der Waals surface area contributed by atoms with Crippen molar-refractivity contribution in [3.8, 4) is 0 Å². The van der Waals surface area contributed by atoms with Crippen molar-refractivity contribution in [3.63, 3.8) is 0 Å². The Hall–Kier alpha value is -1.69. The third-order valence-corrected chi connectivity index (χ3v) is 3.74. The van der Waals surface area contributed by atoms with Gasteiger partial charge < -0.3 is 0 Å². The highest BCUT2D eigenvalue weighted by Crippen LogP contribution is 2.45. The average molecular weight is 235 g/mol. The van der Waals surface area contributed by atoms with Gasteiger partial charge in [-0.2, -0.15) is 0 Å². The molecule has 0 aliphatic heterocycles. The molecule has 0 saturated heterocycles. The van der Waals surface area contributed by atoms with Crippen molar-refractivity contribution in [2.45, 2.75) is 26.2 Å². The van der Waals surface area contributed by atoms with Gasteiger partial charge in [-0.05, 0) is 55.2 Å². The predicted octanol–water partition coefficient (Wildman–Crippen LogP) is 4.63. The lowest BCUT2D eigenvalue weighted by atomic mass is 9.87. The van der Waals surface area contributed by atoms with Crippen molar-refractivity contribution in [1.82, 2.24) is 0 Å². The average Bonchev–Trinajstić information content (AvgIpc) is 3.26. The maximum absolute atomic E-state index is 2.29. The minimum Gasteiger partial charge on any atom is -0.0612 e. The van der Waals surface area contributed by atoms with Crippen molar-refractivity contribution in [2.75, 3.05) is 0 Å². The van der Waals surface area contributed by atoms with Crippen LogP contribution in [-0.2, 0) is 6.42 Å². The van der Waals surface area contributed by atoms with Crippen molar-refractivity contribution in [1.29, 1.82) is 0 Å². The van der Waals surface area contributed by atoms with E-state index in [4.69, 9.17) is 0 Å². The first kappa shape index (κ1) is 11.4. The molecule has 0 radical (unpaired) electrons. The summed E-state index contributed by atoms with van der Waals surface area (Å²) in [6.45, 7) is 2.21. The van der Waals surface area contributed by atoms with E-state index in [1.54, 1.807) is 5.92 Å². The van der Waals surface area contributed by atoms with E-state index >= 15 is 0 Å². The zero-order valence-corrected chi connectivity index (χ0v) is 10.9. The number of hydrogen-bond donors (Lipinski definition) is 0. The van der Waals surface area contributed by atoms with Gasteiger partial charge in [0.15, 0.2) is 0 Å². The molecule has 2 aromatic rings. The van der Waals surface area contributed by atoms with Gasteiger partial charge in [-0.1, -0.05) is 6.92 Å². The lowest BCUT2D eigenvalue weighted by Crippen LogP contribution is -2.04. The SMILES string of the molecule is CCc1ccc([C+](c2ccccc2)C2CC2)cc1. The number of rotatable bonds is 4. The summed E-state index contributed by atoms with van der Waals surface area (Å²) in [5.41, 5.74) is 4.21. The Morgan fingerprint density at radius 1 is 0.889 bits per heavy atom. The first-order chi connectivity index (χ1) is 8.88. The van der Waals surface area contributed by atoms with E-state index in [0.717, 1.165) is 12.3 Å². The Balaban J connectivity index is 1.94. The summed E-state index contributed by atoms with van der Waals surface area (Å²) in [5, 5.41) is 0. The maximum atomic E-state index is 2.29. The van der Waals surface area contributed by atoms with Gasteiger partial charge in [0.2, 0.25) is 0 Å². The lowest BCUT2D eigenvalue weighted by molar-refractivity contribution is 0.905. The molecular weight excluding hydrogens is 216 g/mol. The van der Waals surface area contributed by atoms with Gasteiger partial charge in [0.25, 0.3) is 0 Å². The topological polar surface area (TPSA) is 0 Å². The molecule has 0 nitrogen and oxygen atoms in total. The molecule has 0 aromatic heterocycles. The highest BCUT2D eigenvalue weighted by molar-refractivity contribution is 5.48. The largest absolute Gasteiger partial charge is 0.0759 e. The molecule has 0 heteroatoms. The molecule has 0 atom stereocenters. The summed E-state index contributed by atoms with van der Waals surface area (Å²) in [4.78, 5) is 0. The normalized spacial score (nSPS) is 14.5. The van der Waals surface area contributed by atoms with E-state index in [2.05, 4.69) is 61.5 Å². The summed E-state index contributed by atoms with van der Waals surface area (Å²) >= 11 is 0. The summed E-state index contributed by atoms with van der Waals surface area (Å²) in [7, 11) is 0. The molecule has 1 aliphatic rings. The van der Waals surface area contributed by atoms with Crippen LogP contribution in [0.4, 0.5) is 0 Å². The van der Waals surface area contributed by atoms with Crippen LogP contribution in [0.25, 0.3) is 0 Å². The Kier molecular flexibility index (Phi) is 3.10. The molecule has 0 unspecified atom stereocenters. The van der Waals surface area contributed by atoms with E-state index in [1.807, 2.05) is 0 Å². The molecule has 0 N–H and O–H groups in total. The summed E-state index contributed by atoms with van der Waals surface area (Å²) in [6.07, 6.45) is 3.81. The fraction of sp³-hybridized carbons (Fsp3) is 0.278. The molecule has 3 rings (SSSR count). The number of hydrogen-bond acceptors (Lipinski definition) is 0. The van der Waals surface area contributed by atoms with Gasteiger partial charge in [0.1, 0.15) is 0 Å². The van der Waals surface area contributed by atoms with Crippen LogP contribution in [0, 0.1) is 11.8 Å². The molecule has 2 aromatic carbocycles. The zero-order valence-electron chi connectivity index (χ0n) is 10.9. The standard InChI is InChI=1S/C18H19/c1-2-14-8-10-16(11-9-14)18(17-12-13-17)15-6-4-3-5-7-15/h3-11,17H,2,12-13H2,1H3/q+1. The fourth-order valence-corrected chi connectivity index (χ4v) is 2.55. The maximum Gasteiger partial charge on any atom is 0.0759 e. The van der Waals surface area contributed by atoms with Crippen LogP contribution >= 0.6 is 0 Å². The van der Waals surface area contributed by atoms with E-state index in [1.165, 1.54) is 29.5 Å². The van der Waals surface area contributed by atoms with Gasteiger partial charge in [0.05, 0.1) is 11.1 Å². The Morgan fingerprint density at radius 3 is 2.06 bits per heavy atom. The fourth-order valence-electron chi connectivity index (χ4n) is 2.55. The van der Waals surface area contributed by atoms with E-state index < -0.39 is 0 Å². The third kappa shape index (κ3) is 2.28. The predicted molar refractivity (Wildman–Crippen MR) is 76.4 cm³/mol. The Labute approximate surface area is 110 Å². The molecular formula is C18H19+. The highest BCUT2D eigenvalue weighted by atomic mass is 14.4. The van der Waals surface area contributed by atoms with Crippen LogP contribution < -0.4 is 0 Å². The van der Waals surface area contributed by atoms with Crippen molar-refractivity contribution in [3.05, 3.63) is 77.2 Å². The van der Waals surface area contributed by atoms with E-state index in [9.17, 15) is 0 Å². The molecule has 18 heavy (non-hydrogen) atoms. The Bertz CT molecular complexity index is 491. The summed E-state index contributed by atoms with van der Waals surface area (Å²) in [5.74, 6) is 2.32. The van der Waals surface area contributed by atoms with Gasteiger partial charge in [0, 0.05) is 36.1 Å². The summed E-state index contributed by atoms with van der Waals surface area (Å²) in [6, 6.07) is 20.0. The Morgan fingerprint density at radius 2 is 1.50 bits per heavy atom. The number of aryl methyl sites for hydroxylation is 1. The monoisotopic (exact) mass is 235 g/mol. The van der Waals surface area contributed by atoms with Gasteiger partial charge >= 0.3 is 0 Å². The third-order valence-electron chi connectivity index (χ3n) is 3.74. The summed E-state index contributed by atoms with van der Waals surface area (Å²) < 4.78 is 0. The molecule has 1 saturated carbocycles. The minimum absolute atomic E-state index is 0.778. The van der Waals surface area contributed by atoms with Crippen LogP contribution in [0.2, 0.25) is 0 Å². The smallest absolute Gasteiger partial charge is 0.0612 e. The number of benzene rings is 2. The van der Waals surface area contributed by atoms with Gasteiger partial charge in [-0.15, -0.1) is 0 Å². The van der Waals surface area contributed by atoms with Crippen LogP contribution in [0.15, 0.2) is 54.6 Å². The molecule has 1 aliphatic carbocycles. The molecule has 1 fully saturated rings. The molecule has 0 spiro atoms. The van der Waals surface area contributed by atoms with Crippen LogP contribution in [0.3, 0.4) is 0 Å². The lowest BCUT2D eigenvalue weighted by Gasteiger charge is -2.11. The van der Waals surface area contributed by atoms with Crippen molar-refractivity contribution in [2.24, 2.45) is 5.92 Å². The van der Waals surface area contributed by atoms with Gasteiger partial charge in [-0.25, -0.2) is 0 Å². The second-order valence-corrected chi connectivity index (χ2v) is 5.10. The molecule has 0 amide bonds. The van der Waals surface area contributed by atoms with E-state index in [-0.39, 0.29) is 0 Å². The van der Waals surface area contributed by atoms with Crippen LogP contribution in [0.1, 0.15) is 36.5 Å². The first-order valence-electron chi connectivity index (χ1n) is 6.90. The second-order valence-electron chi connectivity index (χ2n) is 5.10.